The summed E-state index contributed by atoms with van der Waals surface area (Å²) in [6.45, 7) is 3.71. The third kappa shape index (κ3) is 4.86. The lowest BCUT2D eigenvalue weighted by atomic mass is 9.96. The Hall–Kier alpha value is -2.63. The lowest BCUT2D eigenvalue weighted by Gasteiger charge is -2.21. The average Bonchev–Trinajstić information content (AvgIpc) is 2.92. The number of carbonyl (C=O) groups excluding carboxylic acids is 2. The first-order valence-corrected chi connectivity index (χ1v) is 10.6. The van der Waals surface area contributed by atoms with Gasteiger partial charge in [-0.1, -0.05) is 45.6 Å². The second-order valence-electron chi connectivity index (χ2n) is 8.50. The highest BCUT2D eigenvalue weighted by atomic mass is 16.2. The van der Waals surface area contributed by atoms with Crippen molar-refractivity contribution in [2.24, 2.45) is 17.6 Å². The van der Waals surface area contributed by atoms with Crippen molar-refractivity contribution >= 4 is 28.3 Å². The van der Waals surface area contributed by atoms with Crippen LogP contribution in [-0.2, 0) is 9.59 Å². The molecule has 6 heteroatoms. The van der Waals surface area contributed by atoms with Crippen molar-refractivity contribution in [3.8, 4) is 0 Å². The Morgan fingerprint density at radius 2 is 1.79 bits per heavy atom. The van der Waals surface area contributed by atoms with Crippen molar-refractivity contribution in [1.29, 1.82) is 0 Å². The van der Waals surface area contributed by atoms with Gasteiger partial charge in [0.05, 0.1) is 0 Å². The van der Waals surface area contributed by atoms with Gasteiger partial charge >= 0.3 is 0 Å². The van der Waals surface area contributed by atoms with Gasteiger partial charge in [0.1, 0.15) is 6.04 Å². The average molecular weight is 398 g/mol. The molecule has 1 aromatic carbocycles. The summed E-state index contributed by atoms with van der Waals surface area (Å²) in [5.41, 5.74) is 5.87. The molecule has 2 amide bonds. The largest absolute Gasteiger partial charge is 0.368 e. The lowest BCUT2D eigenvalue weighted by molar-refractivity contribution is -0.122. The van der Waals surface area contributed by atoms with Crippen LogP contribution in [0.15, 0.2) is 35.3 Å². The summed E-state index contributed by atoms with van der Waals surface area (Å²) in [6.07, 6.45) is 9.25. The minimum atomic E-state index is -0.708. The summed E-state index contributed by atoms with van der Waals surface area (Å²) in [4.78, 5) is 37.5. The number of pyridine rings is 1. The van der Waals surface area contributed by atoms with E-state index in [4.69, 9.17) is 5.73 Å². The van der Waals surface area contributed by atoms with Crippen LogP contribution in [0.25, 0.3) is 10.8 Å². The number of amides is 2. The number of nitrogens with zero attached hydrogens (tertiary/aromatic N) is 1. The lowest BCUT2D eigenvalue weighted by Crippen LogP contribution is -2.36. The Bertz CT molecular complexity index is 940. The van der Waals surface area contributed by atoms with Gasteiger partial charge in [-0.3, -0.25) is 14.4 Å². The normalized spacial score (nSPS) is 16.5. The summed E-state index contributed by atoms with van der Waals surface area (Å²) in [6, 6.07) is 6.35. The quantitative estimate of drug-likeness (QED) is 0.722. The van der Waals surface area contributed by atoms with Gasteiger partial charge in [0, 0.05) is 29.1 Å². The number of aromatic nitrogens is 1. The minimum absolute atomic E-state index is 0.00854. The van der Waals surface area contributed by atoms with Gasteiger partial charge in [0.15, 0.2) is 0 Å². The second-order valence-corrected chi connectivity index (χ2v) is 8.50. The van der Waals surface area contributed by atoms with Crippen molar-refractivity contribution in [2.75, 3.05) is 5.32 Å². The molecule has 1 heterocycles. The van der Waals surface area contributed by atoms with Crippen LogP contribution in [0.4, 0.5) is 5.69 Å². The molecule has 0 radical (unpaired) electrons. The van der Waals surface area contributed by atoms with Crippen molar-refractivity contribution in [3.63, 3.8) is 0 Å². The van der Waals surface area contributed by atoms with Gasteiger partial charge < -0.3 is 15.6 Å². The minimum Gasteiger partial charge on any atom is -0.368 e. The van der Waals surface area contributed by atoms with Crippen molar-refractivity contribution in [2.45, 2.75) is 64.8 Å². The molecule has 1 aliphatic rings. The van der Waals surface area contributed by atoms with E-state index in [-0.39, 0.29) is 17.4 Å². The molecule has 1 fully saturated rings. The first-order chi connectivity index (χ1) is 13.9. The Morgan fingerprint density at radius 3 is 2.41 bits per heavy atom. The van der Waals surface area contributed by atoms with Crippen LogP contribution < -0.4 is 16.6 Å². The zero-order valence-electron chi connectivity index (χ0n) is 17.3. The number of primary amides is 1. The van der Waals surface area contributed by atoms with Crippen molar-refractivity contribution < 1.29 is 9.59 Å². The highest BCUT2D eigenvalue weighted by Gasteiger charge is 2.23. The van der Waals surface area contributed by atoms with E-state index < -0.39 is 11.9 Å². The molecular formula is C23H31N3O3. The summed E-state index contributed by atoms with van der Waals surface area (Å²) in [5, 5.41) is 4.14. The number of anilines is 1. The van der Waals surface area contributed by atoms with Gasteiger partial charge in [0.25, 0.3) is 5.56 Å². The van der Waals surface area contributed by atoms with E-state index in [1.54, 1.807) is 24.4 Å². The first-order valence-electron chi connectivity index (χ1n) is 10.6. The first kappa shape index (κ1) is 21.1. The number of hydrogen-bond acceptors (Lipinski definition) is 3. The molecule has 0 bridgehead atoms. The van der Waals surface area contributed by atoms with Crippen LogP contribution in [0.5, 0.6) is 0 Å². The number of nitrogens with two attached hydrogens (primary N) is 1. The molecule has 1 aliphatic carbocycles. The predicted octanol–water partition coefficient (Wildman–Crippen LogP) is 3.98. The summed E-state index contributed by atoms with van der Waals surface area (Å²) in [7, 11) is 0. The van der Waals surface area contributed by atoms with Crippen molar-refractivity contribution in [3.05, 3.63) is 40.8 Å². The standard InChI is InChI=1S/C23H31N3O3/c1-15(2)21(22(24)28)26-13-12-17-18(23(26)29)10-7-11-19(17)25-20(27)14-16-8-5-3-4-6-9-16/h7,10-13,15-16,21H,3-6,8-9,14H2,1-2H3,(H2,24,28)(H,25,27). The predicted molar refractivity (Wildman–Crippen MR) is 116 cm³/mol. The Morgan fingerprint density at radius 1 is 1.10 bits per heavy atom. The van der Waals surface area contributed by atoms with E-state index in [1.165, 1.54) is 30.3 Å². The number of nitrogens with one attached hydrogen (secondary N) is 1. The molecular weight excluding hydrogens is 366 g/mol. The van der Waals surface area contributed by atoms with E-state index in [2.05, 4.69) is 5.32 Å². The fourth-order valence-corrected chi connectivity index (χ4v) is 4.44. The molecule has 2 aromatic rings. The summed E-state index contributed by atoms with van der Waals surface area (Å²) < 4.78 is 1.40. The third-order valence-electron chi connectivity index (χ3n) is 5.92. The van der Waals surface area contributed by atoms with Crippen LogP contribution in [0.3, 0.4) is 0 Å². The fourth-order valence-electron chi connectivity index (χ4n) is 4.44. The molecule has 0 saturated heterocycles. The molecule has 1 saturated carbocycles. The van der Waals surface area contributed by atoms with E-state index in [0.717, 1.165) is 12.8 Å². The maximum absolute atomic E-state index is 13.0. The van der Waals surface area contributed by atoms with Crippen LogP contribution in [0, 0.1) is 11.8 Å². The number of carbonyl (C=O) groups is 2. The zero-order valence-corrected chi connectivity index (χ0v) is 17.3. The summed E-state index contributed by atoms with van der Waals surface area (Å²) in [5.74, 6) is -0.211. The van der Waals surface area contributed by atoms with Crippen LogP contribution >= 0.6 is 0 Å². The molecule has 3 rings (SSSR count). The van der Waals surface area contributed by atoms with E-state index in [9.17, 15) is 14.4 Å². The van der Waals surface area contributed by atoms with Gasteiger partial charge in [-0.05, 0) is 42.9 Å². The van der Waals surface area contributed by atoms with Gasteiger partial charge in [-0.15, -0.1) is 0 Å². The Labute approximate surface area is 171 Å². The molecule has 1 atom stereocenters. The Balaban J connectivity index is 1.86. The molecule has 1 unspecified atom stereocenters. The molecule has 0 aliphatic heterocycles. The molecule has 29 heavy (non-hydrogen) atoms. The fraction of sp³-hybridized carbons (Fsp3) is 0.522. The molecule has 1 aromatic heterocycles. The molecule has 0 spiro atoms. The number of rotatable bonds is 6. The summed E-state index contributed by atoms with van der Waals surface area (Å²) >= 11 is 0. The molecule has 156 valence electrons. The van der Waals surface area contributed by atoms with Crippen molar-refractivity contribution in [1.82, 2.24) is 4.57 Å². The third-order valence-corrected chi connectivity index (χ3v) is 5.92. The van der Waals surface area contributed by atoms with Gasteiger partial charge in [0.2, 0.25) is 11.8 Å². The monoisotopic (exact) mass is 397 g/mol. The van der Waals surface area contributed by atoms with Gasteiger partial charge in [-0.25, -0.2) is 0 Å². The van der Waals surface area contributed by atoms with E-state index in [0.29, 0.717) is 28.8 Å². The SMILES string of the molecule is CC(C)C(C(N)=O)n1ccc2c(NC(=O)CC3CCCCCC3)cccc2c1=O. The maximum Gasteiger partial charge on any atom is 0.259 e. The van der Waals surface area contributed by atoms with E-state index >= 15 is 0 Å². The second kappa shape index (κ2) is 9.25. The van der Waals surface area contributed by atoms with Gasteiger partial charge in [-0.2, -0.15) is 0 Å². The number of fused-ring (bicyclic) bond motifs is 1. The highest BCUT2D eigenvalue weighted by Crippen LogP contribution is 2.27. The molecule has 3 N–H and O–H groups in total. The maximum atomic E-state index is 13.0. The zero-order chi connectivity index (χ0) is 21.0. The highest BCUT2D eigenvalue weighted by molar-refractivity contribution is 6.01. The van der Waals surface area contributed by atoms with Crippen LogP contribution in [0.2, 0.25) is 0 Å². The molecule has 6 nitrogen and oxygen atoms in total. The van der Waals surface area contributed by atoms with Crippen LogP contribution in [0.1, 0.15) is 64.8 Å². The Kier molecular flexibility index (Phi) is 6.72. The van der Waals surface area contributed by atoms with E-state index in [1.807, 2.05) is 19.9 Å². The number of benzene rings is 1. The van der Waals surface area contributed by atoms with Crippen LogP contribution in [-0.4, -0.2) is 16.4 Å². The smallest absolute Gasteiger partial charge is 0.259 e. The topological polar surface area (TPSA) is 94.2 Å². The number of hydrogen-bond donors (Lipinski definition) is 2.